The maximum atomic E-state index is 13.1. The van der Waals surface area contributed by atoms with Crippen LogP contribution < -0.4 is 16.4 Å². The van der Waals surface area contributed by atoms with Crippen LogP contribution in [0.1, 0.15) is 28.8 Å². The summed E-state index contributed by atoms with van der Waals surface area (Å²) in [6.07, 6.45) is 3.64. The first-order valence-electron chi connectivity index (χ1n) is 13.9. The highest BCUT2D eigenvalue weighted by molar-refractivity contribution is 6.31. The van der Waals surface area contributed by atoms with Crippen LogP contribution in [0.5, 0.6) is 0 Å². The van der Waals surface area contributed by atoms with Crippen molar-refractivity contribution >= 4 is 51.4 Å². The van der Waals surface area contributed by atoms with Gasteiger partial charge in [0, 0.05) is 77.7 Å². The maximum absolute atomic E-state index is 13.1. The molecule has 9 heteroatoms. The molecule has 41 heavy (non-hydrogen) atoms. The van der Waals surface area contributed by atoms with Gasteiger partial charge in [0.2, 0.25) is 5.91 Å². The fraction of sp³-hybridized carbons (Fsp3) is 0.281. The lowest BCUT2D eigenvalue weighted by atomic mass is 10.00. The molecule has 2 aliphatic rings. The van der Waals surface area contributed by atoms with Gasteiger partial charge in [0.25, 0.3) is 5.91 Å². The van der Waals surface area contributed by atoms with Crippen LogP contribution in [-0.2, 0) is 11.3 Å². The molecule has 8 nitrogen and oxygen atoms in total. The van der Waals surface area contributed by atoms with E-state index in [1.807, 2.05) is 42.5 Å². The summed E-state index contributed by atoms with van der Waals surface area (Å²) in [5.74, 6) is 0.467. The van der Waals surface area contributed by atoms with Gasteiger partial charge < -0.3 is 21.3 Å². The molecule has 210 valence electrons. The molecule has 2 amide bonds. The van der Waals surface area contributed by atoms with Gasteiger partial charge in [0.05, 0.1) is 0 Å². The summed E-state index contributed by atoms with van der Waals surface area (Å²) in [4.78, 5) is 34.3. The number of carbonyl (C=O) groups is 2. The number of hydrogen-bond acceptors (Lipinski definition) is 6. The van der Waals surface area contributed by atoms with E-state index in [-0.39, 0.29) is 17.7 Å². The summed E-state index contributed by atoms with van der Waals surface area (Å²) < 4.78 is 0. The lowest BCUT2D eigenvalue weighted by molar-refractivity contribution is -0.117. The number of nitrogens with one attached hydrogen (secondary N) is 2. The molecule has 1 aliphatic carbocycles. The SMILES string of the molecule is CN1CCN(Cc2ccc(C(=O)Nc3ccc(N)c(-c4ccc5cc(NC(=O)C6CC6)ncc5c4)c3)cc2Cl)CC1. The Balaban J connectivity index is 1.15. The van der Waals surface area contributed by atoms with E-state index in [2.05, 4.69) is 32.5 Å². The van der Waals surface area contributed by atoms with E-state index in [1.54, 1.807) is 24.4 Å². The van der Waals surface area contributed by atoms with E-state index in [1.165, 1.54) is 0 Å². The number of fused-ring (bicyclic) bond motifs is 1. The first-order chi connectivity index (χ1) is 19.8. The Morgan fingerprint density at radius 2 is 1.76 bits per heavy atom. The normalized spacial score (nSPS) is 16.0. The lowest BCUT2D eigenvalue weighted by Gasteiger charge is -2.32. The molecule has 1 saturated carbocycles. The van der Waals surface area contributed by atoms with Crippen molar-refractivity contribution < 1.29 is 9.59 Å². The zero-order chi connectivity index (χ0) is 28.5. The van der Waals surface area contributed by atoms with Crippen molar-refractivity contribution in [3.8, 4) is 11.1 Å². The molecule has 2 heterocycles. The third kappa shape index (κ3) is 6.35. The Morgan fingerprint density at radius 1 is 0.951 bits per heavy atom. The second-order valence-electron chi connectivity index (χ2n) is 11.0. The molecule has 0 atom stereocenters. The summed E-state index contributed by atoms with van der Waals surface area (Å²) in [5, 5.41) is 8.36. The van der Waals surface area contributed by atoms with Crippen LogP contribution in [0.25, 0.3) is 21.9 Å². The number of aromatic nitrogens is 1. The van der Waals surface area contributed by atoms with E-state index in [9.17, 15) is 9.59 Å². The number of nitrogen functional groups attached to an aromatic ring is 1. The number of anilines is 3. The number of likely N-dealkylation sites (N-methyl/N-ethyl adjacent to an activating group) is 1. The molecule has 1 aromatic heterocycles. The topological polar surface area (TPSA) is 104 Å². The molecular weight excluding hydrogens is 536 g/mol. The maximum Gasteiger partial charge on any atom is 0.255 e. The zero-order valence-electron chi connectivity index (χ0n) is 23.0. The highest BCUT2D eigenvalue weighted by atomic mass is 35.5. The number of pyridine rings is 1. The van der Waals surface area contributed by atoms with Gasteiger partial charge >= 0.3 is 0 Å². The van der Waals surface area contributed by atoms with Crippen molar-refractivity contribution in [1.82, 2.24) is 14.8 Å². The van der Waals surface area contributed by atoms with Crippen molar-refractivity contribution in [3.05, 3.63) is 83.0 Å². The fourth-order valence-corrected chi connectivity index (χ4v) is 5.34. The monoisotopic (exact) mass is 568 g/mol. The molecule has 0 radical (unpaired) electrons. The van der Waals surface area contributed by atoms with Crippen molar-refractivity contribution in [1.29, 1.82) is 0 Å². The molecule has 0 bridgehead atoms. The molecule has 1 aliphatic heterocycles. The Morgan fingerprint density at radius 3 is 2.51 bits per heavy atom. The molecule has 3 aromatic carbocycles. The van der Waals surface area contributed by atoms with Crippen LogP contribution in [-0.4, -0.2) is 59.8 Å². The Kier molecular flexibility index (Phi) is 7.62. The Bertz CT molecular complexity index is 1630. The number of nitrogens with zero attached hydrogens (tertiary/aromatic N) is 3. The molecule has 2 fully saturated rings. The fourth-order valence-electron chi connectivity index (χ4n) is 5.10. The number of halogens is 1. The third-order valence-corrected chi connectivity index (χ3v) is 8.20. The quantitative estimate of drug-likeness (QED) is 0.255. The molecule has 4 N–H and O–H groups in total. The summed E-state index contributed by atoms with van der Waals surface area (Å²) in [6.45, 7) is 4.86. The first kappa shape index (κ1) is 27.2. The summed E-state index contributed by atoms with van der Waals surface area (Å²) in [7, 11) is 2.13. The van der Waals surface area contributed by atoms with Gasteiger partial charge in [0.15, 0.2) is 0 Å². The average Bonchev–Trinajstić information content (AvgIpc) is 3.82. The Hall–Kier alpha value is -3.98. The highest BCUT2D eigenvalue weighted by Gasteiger charge is 2.29. The number of hydrogen-bond donors (Lipinski definition) is 3. The number of piperazine rings is 1. The molecule has 0 unspecified atom stereocenters. The first-order valence-corrected chi connectivity index (χ1v) is 14.3. The highest BCUT2D eigenvalue weighted by Crippen LogP contribution is 2.33. The van der Waals surface area contributed by atoms with Gasteiger partial charge in [-0.25, -0.2) is 4.98 Å². The second kappa shape index (κ2) is 11.5. The van der Waals surface area contributed by atoms with Crippen LogP contribution in [0.4, 0.5) is 17.2 Å². The van der Waals surface area contributed by atoms with Crippen LogP contribution in [0, 0.1) is 5.92 Å². The molecule has 4 aromatic rings. The lowest BCUT2D eigenvalue weighted by Crippen LogP contribution is -2.43. The molecule has 6 rings (SSSR count). The van der Waals surface area contributed by atoms with Gasteiger partial charge in [-0.2, -0.15) is 0 Å². The van der Waals surface area contributed by atoms with E-state index >= 15 is 0 Å². The Labute approximate surface area is 244 Å². The van der Waals surface area contributed by atoms with Crippen LogP contribution in [0.3, 0.4) is 0 Å². The second-order valence-corrected chi connectivity index (χ2v) is 11.4. The standard InChI is InChI=1S/C32H33ClN6O2/c1-38-10-12-39(13-11-38)19-24-7-6-23(15-28(24)33)32(41)36-26-8-9-29(34)27(17-26)22-5-4-21-16-30(35-18-25(21)14-22)37-31(40)20-2-3-20/h4-9,14-18,20H,2-3,10-13,19,34H2,1H3,(H,36,41)(H,35,37,40). The number of benzene rings is 3. The van der Waals surface area contributed by atoms with E-state index in [0.717, 1.165) is 73.0 Å². The third-order valence-electron chi connectivity index (χ3n) is 7.85. The van der Waals surface area contributed by atoms with E-state index < -0.39 is 0 Å². The van der Waals surface area contributed by atoms with Gasteiger partial charge in [-0.15, -0.1) is 0 Å². The van der Waals surface area contributed by atoms with E-state index in [4.69, 9.17) is 17.3 Å². The van der Waals surface area contributed by atoms with Crippen LogP contribution in [0.2, 0.25) is 5.02 Å². The van der Waals surface area contributed by atoms with Crippen LogP contribution in [0.15, 0.2) is 66.9 Å². The predicted octanol–water partition coefficient (Wildman–Crippen LogP) is 5.49. The minimum absolute atomic E-state index is 0.0315. The predicted molar refractivity (Wildman–Crippen MR) is 165 cm³/mol. The minimum atomic E-state index is -0.239. The number of rotatable bonds is 7. The zero-order valence-corrected chi connectivity index (χ0v) is 23.7. The van der Waals surface area contributed by atoms with Crippen molar-refractivity contribution in [2.24, 2.45) is 5.92 Å². The smallest absolute Gasteiger partial charge is 0.255 e. The van der Waals surface area contributed by atoms with Crippen molar-refractivity contribution in [2.75, 3.05) is 49.6 Å². The summed E-state index contributed by atoms with van der Waals surface area (Å²) in [5.41, 5.74) is 10.8. The summed E-state index contributed by atoms with van der Waals surface area (Å²) >= 11 is 6.59. The van der Waals surface area contributed by atoms with Gasteiger partial charge in [0.1, 0.15) is 5.82 Å². The molecule has 1 saturated heterocycles. The molecular formula is C32H33ClN6O2. The van der Waals surface area contributed by atoms with Crippen LogP contribution >= 0.6 is 11.6 Å². The van der Waals surface area contributed by atoms with Gasteiger partial charge in [-0.1, -0.05) is 29.8 Å². The van der Waals surface area contributed by atoms with Gasteiger partial charge in [-0.05, 0) is 78.9 Å². The van der Waals surface area contributed by atoms with Gasteiger partial charge in [-0.3, -0.25) is 14.5 Å². The largest absolute Gasteiger partial charge is 0.398 e. The summed E-state index contributed by atoms with van der Waals surface area (Å²) in [6, 6.07) is 18.8. The number of carbonyl (C=O) groups excluding carboxylic acids is 2. The van der Waals surface area contributed by atoms with Crippen molar-refractivity contribution in [3.63, 3.8) is 0 Å². The van der Waals surface area contributed by atoms with Crippen molar-refractivity contribution in [2.45, 2.75) is 19.4 Å². The number of nitrogens with two attached hydrogens (primary N) is 1. The van der Waals surface area contributed by atoms with E-state index in [0.29, 0.717) is 27.8 Å². The average molecular weight is 569 g/mol. The minimum Gasteiger partial charge on any atom is -0.398 e. The number of amides is 2. The molecule has 0 spiro atoms.